The molecule has 1 fully saturated rings. The van der Waals surface area contributed by atoms with E-state index in [0.717, 1.165) is 19.3 Å². The van der Waals surface area contributed by atoms with Crippen molar-refractivity contribution in [3.63, 3.8) is 0 Å². The second-order valence-corrected chi connectivity index (χ2v) is 4.63. The number of nitrogens with zero attached hydrogens (tertiary/aromatic N) is 1. The highest BCUT2D eigenvalue weighted by molar-refractivity contribution is 5.87. The topological polar surface area (TPSA) is 66.8 Å². The summed E-state index contributed by atoms with van der Waals surface area (Å²) in [6.07, 6.45) is 3.08. The van der Waals surface area contributed by atoms with Crippen molar-refractivity contribution in [3.05, 3.63) is 0 Å². The van der Waals surface area contributed by atoms with Gasteiger partial charge in [0.25, 0.3) is 0 Å². The van der Waals surface area contributed by atoms with E-state index in [1.807, 2.05) is 6.92 Å². The minimum atomic E-state index is -1.06. The van der Waals surface area contributed by atoms with Crippen molar-refractivity contribution in [2.24, 2.45) is 0 Å². The van der Waals surface area contributed by atoms with Crippen LogP contribution in [-0.2, 0) is 14.3 Å². The van der Waals surface area contributed by atoms with Crippen molar-refractivity contribution >= 4 is 11.9 Å². The largest absolute Gasteiger partial charge is 0.480 e. The number of ether oxygens (including phenoxy) is 1. The molecule has 17 heavy (non-hydrogen) atoms. The van der Waals surface area contributed by atoms with Crippen LogP contribution in [-0.4, -0.2) is 47.2 Å². The zero-order valence-corrected chi connectivity index (χ0v) is 10.6. The fraction of sp³-hybridized carbons (Fsp3) is 0.833. The molecule has 5 nitrogen and oxygen atoms in total. The first kappa shape index (κ1) is 14.0. The van der Waals surface area contributed by atoms with Gasteiger partial charge in [-0.1, -0.05) is 6.92 Å². The Bertz CT molecular complexity index is 292. The molecular weight excluding hydrogens is 222 g/mol. The molecule has 1 aliphatic heterocycles. The lowest BCUT2D eigenvalue weighted by Crippen LogP contribution is -2.58. The normalized spacial score (nSPS) is 24.7. The number of carbonyl (C=O) groups excluding carboxylic acids is 1. The Morgan fingerprint density at radius 2 is 2.12 bits per heavy atom. The molecule has 98 valence electrons. The Kier molecular flexibility index (Phi) is 4.93. The Labute approximate surface area is 102 Å². The van der Waals surface area contributed by atoms with Gasteiger partial charge in [0.2, 0.25) is 5.91 Å². The molecule has 1 amide bonds. The monoisotopic (exact) mass is 243 g/mol. The second kappa shape index (κ2) is 6.00. The highest BCUT2D eigenvalue weighted by Gasteiger charge is 2.43. The minimum Gasteiger partial charge on any atom is -0.480 e. The predicted molar refractivity (Wildman–Crippen MR) is 62.7 cm³/mol. The number of rotatable bonds is 5. The van der Waals surface area contributed by atoms with Crippen LogP contribution in [0, 0.1) is 0 Å². The van der Waals surface area contributed by atoms with E-state index in [0.29, 0.717) is 19.6 Å². The summed E-state index contributed by atoms with van der Waals surface area (Å²) in [7, 11) is 0. The molecule has 0 radical (unpaired) electrons. The van der Waals surface area contributed by atoms with E-state index in [4.69, 9.17) is 4.74 Å². The minimum absolute atomic E-state index is 0.0172. The number of likely N-dealkylation sites (tertiary alicyclic amines) is 1. The fourth-order valence-corrected chi connectivity index (χ4v) is 2.12. The second-order valence-electron chi connectivity index (χ2n) is 4.63. The van der Waals surface area contributed by atoms with Crippen LogP contribution in [0.4, 0.5) is 0 Å². The third kappa shape index (κ3) is 3.19. The number of hydrogen-bond donors (Lipinski definition) is 1. The lowest BCUT2D eigenvalue weighted by molar-refractivity contribution is -0.162. The Hall–Kier alpha value is -1.10. The van der Waals surface area contributed by atoms with Gasteiger partial charge in [0.1, 0.15) is 12.1 Å². The maximum Gasteiger partial charge on any atom is 0.329 e. The molecule has 0 aliphatic carbocycles. The number of hydrogen-bond acceptors (Lipinski definition) is 3. The third-order valence-electron chi connectivity index (χ3n) is 3.23. The van der Waals surface area contributed by atoms with Crippen molar-refractivity contribution < 1.29 is 19.4 Å². The maximum absolute atomic E-state index is 11.9. The van der Waals surface area contributed by atoms with Crippen LogP contribution in [0.5, 0.6) is 0 Å². The summed E-state index contributed by atoms with van der Waals surface area (Å²) in [5, 5.41) is 9.25. The van der Waals surface area contributed by atoms with Gasteiger partial charge in [-0.15, -0.1) is 0 Å². The van der Waals surface area contributed by atoms with Crippen molar-refractivity contribution in [3.8, 4) is 0 Å². The molecule has 5 heteroatoms. The first-order chi connectivity index (χ1) is 8.02. The zero-order valence-electron chi connectivity index (χ0n) is 10.6. The average Bonchev–Trinajstić information content (AvgIpc) is 2.29. The predicted octanol–water partition coefficient (Wildman–Crippen LogP) is 1.27. The van der Waals surface area contributed by atoms with Gasteiger partial charge < -0.3 is 14.7 Å². The number of carbonyl (C=O) groups is 2. The molecule has 1 aliphatic rings. The number of carboxylic acid groups (broad SMARTS) is 1. The Morgan fingerprint density at radius 1 is 1.41 bits per heavy atom. The number of aliphatic carboxylic acids is 1. The molecule has 0 aromatic heterocycles. The molecule has 0 bridgehead atoms. The first-order valence-electron chi connectivity index (χ1n) is 6.14. The van der Waals surface area contributed by atoms with Gasteiger partial charge in [-0.2, -0.15) is 0 Å². The van der Waals surface area contributed by atoms with Gasteiger partial charge in [-0.3, -0.25) is 4.79 Å². The maximum atomic E-state index is 11.9. The molecule has 0 spiro atoms. The van der Waals surface area contributed by atoms with Crippen LogP contribution in [0.2, 0.25) is 0 Å². The van der Waals surface area contributed by atoms with E-state index >= 15 is 0 Å². The van der Waals surface area contributed by atoms with E-state index in [1.165, 1.54) is 4.90 Å². The average molecular weight is 243 g/mol. The molecular formula is C12H21NO4. The fourth-order valence-electron chi connectivity index (χ4n) is 2.12. The molecule has 0 saturated carbocycles. The Balaban J connectivity index is 2.65. The van der Waals surface area contributed by atoms with E-state index in [-0.39, 0.29) is 12.5 Å². The quantitative estimate of drug-likeness (QED) is 0.738. The van der Waals surface area contributed by atoms with E-state index in [1.54, 1.807) is 6.92 Å². The summed E-state index contributed by atoms with van der Waals surface area (Å²) >= 11 is 0. The molecule has 1 N–H and O–H groups in total. The highest BCUT2D eigenvalue weighted by Crippen LogP contribution is 2.28. The number of amides is 1. The summed E-state index contributed by atoms with van der Waals surface area (Å²) in [5.74, 6) is -1.15. The molecule has 1 unspecified atom stereocenters. The summed E-state index contributed by atoms with van der Waals surface area (Å²) in [4.78, 5) is 24.7. The molecule has 1 atom stereocenters. The molecule has 1 saturated heterocycles. The summed E-state index contributed by atoms with van der Waals surface area (Å²) in [6.45, 7) is 4.61. The molecule has 1 rings (SSSR count). The highest BCUT2D eigenvalue weighted by atomic mass is 16.5. The summed E-state index contributed by atoms with van der Waals surface area (Å²) in [5.41, 5.74) is -1.06. The van der Waals surface area contributed by atoms with Crippen LogP contribution in [0.15, 0.2) is 0 Å². The number of carboxylic acids is 1. The first-order valence-corrected chi connectivity index (χ1v) is 6.14. The van der Waals surface area contributed by atoms with E-state index < -0.39 is 11.5 Å². The van der Waals surface area contributed by atoms with Crippen molar-refractivity contribution in [1.29, 1.82) is 0 Å². The van der Waals surface area contributed by atoms with Crippen molar-refractivity contribution in [1.82, 2.24) is 4.90 Å². The van der Waals surface area contributed by atoms with Crippen LogP contribution < -0.4 is 0 Å². The van der Waals surface area contributed by atoms with Gasteiger partial charge in [0.15, 0.2) is 0 Å². The van der Waals surface area contributed by atoms with Crippen LogP contribution in [0.25, 0.3) is 0 Å². The van der Waals surface area contributed by atoms with Gasteiger partial charge in [-0.25, -0.2) is 4.79 Å². The van der Waals surface area contributed by atoms with Crippen molar-refractivity contribution in [2.45, 2.75) is 45.1 Å². The molecule has 0 aromatic rings. The van der Waals surface area contributed by atoms with Crippen molar-refractivity contribution in [2.75, 3.05) is 19.8 Å². The van der Waals surface area contributed by atoms with E-state index in [2.05, 4.69) is 0 Å². The van der Waals surface area contributed by atoms with Gasteiger partial charge >= 0.3 is 5.97 Å². The summed E-state index contributed by atoms with van der Waals surface area (Å²) < 4.78 is 5.19. The third-order valence-corrected chi connectivity index (χ3v) is 3.23. The molecule has 0 aromatic carbocycles. The van der Waals surface area contributed by atoms with Gasteiger partial charge in [-0.05, 0) is 32.6 Å². The number of piperidine rings is 1. The molecule has 1 heterocycles. The van der Waals surface area contributed by atoms with Gasteiger partial charge in [0.05, 0.1) is 0 Å². The van der Waals surface area contributed by atoms with E-state index in [9.17, 15) is 14.7 Å². The lowest BCUT2D eigenvalue weighted by Gasteiger charge is -2.41. The van der Waals surface area contributed by atoms with Crippen LogP contribution in [0.1, 0.15) is 39.5 Å². The zero-order chi connectivity index (χ0) is 12.9. The Morgan fingerprint density at radius 3 is 2.71 bits per heavy atom. The van der Waals surface area contributed by atoms with Crippen LogP contribution in [0.3, 0.4) is 0 Å². The lowest BCUT2D eigenvalue weighted by atomic mass is 9.88. The summed E-state index contributed by atoms with van der Waals surface area (Å²) in [6, 6.07) is 0. The standard InChI is InChI=1S/C12H21NO4/c1-3-8-17-9-10(14)13-7-5-4-6-12(13,2)11(15)16/h3-9H2,1-2H3,(H,15,16). The van der Waals surface area contributed by atoms with Crippen LogP contribution >= 0.6 is 0 Å². The SMILES string of the molecule is CCCOCC(=O)N1CCCCC1(C)C(=O)O. The smallest absolute Gasteiger partial charge is 0.329 e. The van der Waals surface area contributed by atoms with Gasteiger partial charge in [0, 0.05) is 13.2 Å².